The Bertz CT molecular complexity index is 1290. The molecule has 0 aliphatic carbocycles. The van der Waals surface area contributed by atoms with Crippen LogP contribution in [0, 0.1) is 0 Å². The van der Waals surface area contributed by atoms with Gasteiger partial charge in [0, 0.05) is 35.9 Å². The number of imidazole rings is 1. The van der Waals surface area contributed by atoms with Crippen LogP contribution < -0.4 is 14.2 Å². The number of nitrogens with zero attached hydrogens (tertiary/aromatic N) is 3. The quantitative estimate of drug-likeness (QED) is 0.447. The van der Waals surface area contributed by atoms with E-state index in [0.717, 1.165) is 5.56 Å². The maximum Gasteiger partial charge on any atom is 0.265 e. The van der Waals surface area contributed by atoms with E-state index in [9.17, 15) is 8.42 Å². The number of hydrogen-bond donors (Lipinski definition) is 1. The molecule has 0 aliphatic rings. The number of hydrogen-bond acceptors (Lipinski definition) is 6. The topological polar surface area (TPSA) is 94.8 Å². The highest BCUT2D eigenvalue weighted by Gasteiger charge is 2.21. The Morgan fingerprint density at radius 1 is 1.03 bits per heavy atom. The fourth-order valence-corrected chi connectivity index (χ4v) is 4.33. The van der Waals surface area contributed by atoms with Gasteiger partial charge in [-0.3, -0.25) is 9.12 Å². The molecule has 9 heteroatoms. The van der Waals surface area contributed by atoms with Crippen LogP contribution in [0.2, 0.25) is 0 Å². The Kier molecular flexibility index (Phi) is 5.77. The molecule has 8 nitrogen and oxygen atoms in total. The molecule has 0 saturated heterocycles. The third-order valence-corrected chi connectivity index (χ3v) is 5.88. The van der Waals surface area contributed by atoms with Crippen molar-refractivity contribution in [3.05, 3.63) is 67.1 Å². The summed E-state index contributed by atoms with van der Waals surface area (Å²) in [7, 11) is -3.89. The standard InChI is InChI=1S/C22H22N4O4S/c1-3-29-18-9-10-21(20(14-18)30-4-2)31(27,28)25-17-8-5-7-16(13-17)19-15-26-12-6-11-23-22(26)24-19/h5-15,25H,3-4H2,1-2H3. The van der Waals surface area contributed by atoms with E-state index in [1.165, 1.54) is 6.07 Å². The second-order valence-corrected chi connectivity index (χ2v) is 8.26. The zero-order valence-electron chi connectivity index (χ0n) is 17.1. The highest BCUT2D eigenvalue weighted by Crippen LogP contribution is 2.31. The van der Waals surface area contributed by atoms with E-state index < -0.39 is 10.0 Å². The summed E-state index contributed by atoms with van der Waals surface area (Å²) in [5.41, 5.74) is 1.87. The maximum atomic E-state index is 13.1. The number of fused-ring (bicyclic) bond motifs is 1. The summed E-state index contributed by atoms with van der Waals surface area (Å²) in [6.45, 7) is 4.46. The van der Waals surface area contributed by atoms with Crippen molar-refractivity contribution in [1.29, 1.82) is 0 Å². The van der Waals surface area contributed by atoms with E-state index in [1.54, 1.807) is 47.9 Å². The number of rotatable bonds is 8. The Labute approximate surface area is 180 Å². The summed E-state index contributed by atoms with van der Waals surface area (Å²) in [6.07, 6.45) is 5.37. The smallest absolute Gasteiger partial charge is 0.265 e. The fraction of sp³-hybridized carbons (Fsp3) is 0.182. The molecule has 0 atom stereocenters. The first-order valence-electron chi connectivity index (χ1n) is 9.83. The summed E-state index contributed by atoms with van der Waals surface area (Å²) < 4.78 is 41.6. The van der Waals surface area contributed by atoms with Crippen LogP contribution in [0.3, 0.4) is 0 Å². The van der Waals surface area contributed by atoms with Gasteiger partial charge in [0.05, 0.1) is 18.9 Å². The van der Waals surface area contributed by atoms with E-state index >= 15 is 0 Å². The van der Waals surface area contributed by atoms with Crippen LogP contribution >= 0.6 is 0 Å². The van der Waals surface area contributed by atoms with Crippen LogP contribution in [0.5, 0.6) is 11.5 Å². The van der Waals surface area contributed by atoms with Gasteiger partial charge in [0.1, 0.15) is 16.4 Å². The van der Waals surface area contributed by atoms with Crippen molar-refractivity contribution in [1.82, 2.24) is 14.4 Å². The van der Waals surface area contributed by atoms with Gasteiger partial charge in [-0.1, -0.05) is 12.1 Å². The second-order valence-electron chi connectivity index (χ2n) is 6.61. The molecule has 0 aliphatic heterocycles. The molecule has 0 radical (unpaired) electrons. The third-order valence-electron chi connectivity index (χ3n) is 4.46. The van der Waals surface area contributed by atoms with Crippen molar-refractivity contribution < 1.29 is 17.9 Å². The summed E-state index contributed by atoms with van der Waals surface area (Å²) in [5, 5.41) is 0. The van der Waals surface area contributed by atoms with E-state index in [2.05, 4.69) is 14.7 Å². The molecule has 4 aromatic rings. The SMILES string of the molecule is CCOc1ccc(S(=O)(=O)Nc2cccc(-c3cn4cccnc4n3)c2)c(OCC)c1. The molecule has 4 rings (SSSR count). The average Bonchev–Trinajstić information content (AvgIpc) is 3.19. The Hall–Kier alpha value is -3.59. The van der Waals surface area contributed by atoms with Crippen LogP contribution in [0.4, 0.5) is 5.69 Å². The molecule has 2 aromatic carbocycles. The minimum absolute atomic E-state index is 0.0418. The highest BCUT2D eigenvalue weighted by atomic mass is 32.2. The van der Waals surface area contributed by atoms with Gasteiger partial charge in [0.15, 0.2) is 0 Å². The Balaban J connectivity index is 1.65. The third kappa shape index (κ3) is 4.46. The molecule has 0 amide bonds. The highest BCUT2D eigenvalue weighted by molar-refractivity contribution is 7.92. The predicted octanol–water partition coefficient (Wildman–Crippen LogP) is 3.99. The molecule has 0 saturated carbocycles. The monoisotopic (exact) mass is 438 g/mol. The van der Waals surface area contributed by atoms with Crippen molar-refractivity contribution in [2.24, 2.45) is 0 Å². The number of benzene rings is 2. The van der Waals surface area contributed by atoms with Crippen LogP contribution in [-0.4, -0.2) is 36.0 Å². The minimum Gasteiger partial charge on any atom is -0.494 e. The maximum absolute atomic E-state index is 13.1. The zero-order chi connectivity index (χ0) is 21.8. The molecule has 0 unspecified atom stereocenters. The summed E-state index contributed by atoms with van der Waals surface area (Å²) in [6, 6.07) is 13.5. The Morgan fingerprint density at radius 3 is 2.65 bits per heavy atom. The van der Waals surface area contributed by atoms with Gasteiger partial charge < -0.3 is 9.47 Å². The van der Waals surface area contributed by atoms with Gasteiger partial charge in [-0.25, -0.2) is 18.4 Å². The zero-order valence-corrected chi connectivity index (χ0v) is 18.0. The van der Waals surface area contributed by atoms with E-state index in [1.807, 2.05) is 31.5 Å². The number of anilines is 1. The lowest BCUT2D eigenvalue weighted by atomic mass is 10.1. The number of aromatic nitrogens is 3. The molecular weight excluding hydrogens is 416 g/mol. The predicted molar refractivity (Wildman–Crippen MR) is 118 cm³/mol. The molecule has 1 N–H and O–H groups in total. The summed E-state index contributed by atoms with van der Waals surface area (Å²) >= 11 is 0. The summed E-state index contributed by atoms with van der Waals surface area (Å²) in [4.78, 5) is 8.74. The van der Waals surface area contributed by atoms with Crippen molar-refractivity contribution in [3.8, 4) is 22.8 Å². The average molecular weight is 439 g/mol. The van der Waals surface area contributed by atoms with Gasteiger partial charge in [-0.15, -0.1) is 0 Å². The lowest BCUT2D eigenvalue weighted by Crippen LogP contribution is -2.14. The molecule has 160 valence electrons. The van der Waals surface area contributed by atoms with Gasteiger partial charge in [-0.2, -0.15) is 0 Å². The minimum atomic E-state index is -3.89. The second kappa shape index (κ2) is 8.65. The normalized spacial score (nSPS) is 11.4. The van der Waals surface area contributed by atoms with Crippen LogP contribution in [0.1, 0.15) is 13.8 Å². The number of ether oxygens (including phenoxy) is 2. The van der Waals surface area contributed by atoms with Crippen LogP contribution in [0.15, 0.2) is 72.0 Å². The van der Waals surface area contributed by atoms with Crippen molar-refractivity contribution in [2.75, 3.05) is 17.9 Å². The largest absolute Gasteiger partial charge is 0.494 e. The van der Waals surface area contributed by atoms with Gasteiger partial charge >= 0.3 is 0 Å². The molecule has 0 fully saturated rings. The van der Waals surface area contributed by atoms with E-state index in [-0.39, 0.29) is 10.6 Å². The summed E-state index contributed by atoms with van der Waals surface area (Å²) in [5.74, 6) is 1.36. The molecule has 2 aromatic heterocycles. The lowest BCUT2D eigenvalue weighted by Gasteiger charge is -2.14. The van der Waals surface area contributed by atoms with E-state index in [4.69, 9.17) is 9.47 Å². The molecule has 31 heavy (non-hydrogen) atoms. The lowest BCUT2D eigenvalue weighted by molar-refractivity contribution is 0.317. The van der Waals surface area contributed by atoms with Crippen LogP contribution in [0.25, 0.3) is 17.0 Å². The van der Waals surface area contributed by atoms with Crippen molar-refractivity contribution in [2.45, 2.75) is 18.7 Å². The van der Waals surface area contributed by atoms with Gasteiger partial charge in [0.2, 0.25) is 5.78 Å². The molecule has 0 spiro atoms. The van der Waals surface area contributed by atoms with Crippen molar-refractivity contribution in [3.63, 3.8) is 0 Å². The Morgan fingerprint density at radius 2 is 1.87 bits per heavy atom. The van der Waals surface area contributed by atoms with Crippen molar-refractivity contribution >= 4 is 21.5 Å². The first-order valence-corrected chi connectivity index (χ1v) is 11.3. The van der Waals surface area contributed by atoms with Gasteiger partial charge in [-0.05, 0) is 44.2 Å². The molecular formula is C22H22N4O4S. The van der Waals surface area contributed by atoms with Gasteiger partial charge in [0.25, 0.3) is 10.0 Å². The fourth-order valence-electron chi connectivity index (χ4n) is 3.16. The van der Waals surface area contributed by atoms with Crippen LogP contribution in [-0.2, 0) is 10.0 Å². The molecule has 2 heterocycles. The number of sulfonamides is 1. The van der Waals surface area contributed by atoms with E-state index in [0.29, 0.717) is 36.1 Å². The number of nitrogens with one attached hydrogen (secondary N) is 1. The first-order chi connectivity index (χ1) is 15.0. The first kappa shape index (κ1) is 20.7. The molecule has 0 bridgehead atoms.